The molecule has 5 heteroatoms. The van der Waals surface area contributed by atoms with Crippen LogP contribution in [0.3, 0.4) is 0 Å². The third kappa shape index (κ3) is 3.64. The topological polar surface area (TPSA) is 69.7 Å². The van der Waals surface area contributed by atoms with Crippen molar-refractivity contribution in [3.63, 3.8) is 0 Å². The first-order valence-electron chi connectivity index (χ1n) is 7.61. The third-order valence-electron chi connectivity index (χ3n) is 4.31. The predicted molar refractivity (Wildman–Crippen MR) is 79.8 cm³/mol. The largest absolute Gasteiger partial charge is 0.461 e. The van der Waals surface area contributed by atoms with Crippen LogP contribution in [0.5, 0.6) is 0 Å². The van der Waals surface area contributed by atoms with Crippen LogP contribution in [0.1, 0.15) is 40.0 Å². The molecular formula is C17H22O5. The second-order valence-electron chi connectivity index (χ2n) is 6.07. The Labute approximate surface area is 130 Å². The van der Waals surface area contributed by atoms with E-state index in [9.17, 15) is 14.4 Å². The Morgan fingerprint density at radius 2 is 2.18 bits per heavy atom. The van der Waals surface area contributed by atoms with Gasteiger partial charge in [-0.1, -0.05) is 18.6 Å². The van der Waals surface area contributed by atoms with Gasteiger partial charge >= 0.3 is 11.9 Å². The molecule has 0 N–H and O–H groups in total. The van der Waals surface area contributed by atoms with Crippen LogP contribution in [0.15, 0.2) is 23.3 Å². The van der Waals surface area contributed by atoms with Gasteiger partial charge in [0.1, 0.15) is 18.5 Å². The molecule has 1 aliphatic carbocycles. The average molecular weight is 306 g/mol. The number of hydrogen-bond acceptors (Lipinski definition) is 5. The Morgan fingerprint density at radius 3 is 2.82 bits per heavy atom. The Balaban J connectivity index is 2.39. The molecule has 0 aromatic heterocycles. The summed E-state index contributed by atoms with van der Waals surface area (Å²) < 4.78 is 10.9. The Morgan fingerprint density at radius 1 is 1.45 bits per heavy atom. The lowest BCUT2D eigenvalue weighted by Gasteiger charge is -2.27. The molecule has 1 aliphatic heterocycles. The first-order valence-corrected chi connectivity index (χ1v) is 7.61. The van der Waals surface area contributed by atoms with Crippen molar-refractivity contribution in [2.45, 2.75) is 52.2 Å². The highest BCUT2D eigenvalue weighted by molar-refractivity contribution is 5.77. The van der Waals surface area contributed by atoms with Crippen LogP contribution in [0.25, 0.3) is 0 Å². The summed E-state index contributed by atoms with van der Waals surface area (Å²) in [4.78, 5) is 34.6. The fraction of sp³-hybridized carbons (Fsp3) is 0.588. The van der Waals surface area contributed by atoms with Crippen molar-refractivity contribution in [1.29, 1.82) is 0 Å². The number of ether oxygens (including phenoxy) is 2. The number of hydrogen-bond donors (Lipinski definition) is 0. The first-order chi connectivity index (χ1) is 10.4. The number of aldehydes is 1. The highest BCUT2D eigenvalue weighted by atomic mass is 16.6. The monoisotopic (exact) mass is 306 g/mol. The summed E-state index contributed by atoms with van der Waals surface area (Å²) in [5, 5.41) is 0. The maximum Gasteiger partial charge on any atom is 0.309 e. The normalized spacial score (nSPS) is 37.0. The van der Waals surface area contributed by atoms with E-state index >= 15 is 0 Å². The average Bonchev–Trinajstić information content (AvgIpc) is 2.71. The van der Waals surface area contributed by atoms with Crippen molar-refractivity contribution in [2.24, 2.45) is 11.8 Å². The minimum absolute atomic E-state index is 0.271. The Kier molecular flexibility index (Phi) is 5.16. The minimum atomic E-state index is -0.505. The van der Waals surface area contributed by atoms with Crippen LogP contribution in [0.2, 0.25) is 0 Å². The predicted octanol–water partition coefficient (Wildman–Crippen LogP) is 2.35. The van der Waals surface area contributed by atoms with Gasteiger partial charge < -0.3 is 9.47 Å². The Hall–Kier alpha value is -1.91. The molecule has 0 amide bonds. The van der Waals surface area contributed by atoms with Gasteiger partial charge in [-0.15, -0.1) is 0 Å². The highest BCUT2D eigenvalue weighted by Crippen LogP contribution is 2.37. The number of carbonyl (C=O) groups is 3. The smallest absolute Gasteiger partial charge is 0.309 e. The molecule has 2 aliphatic rings. The van der Waals surface area contributed by atoms with Crippen molar-refractivity contribution in [2.75, 3.05) is 0 Å². The molecule has 0 radical (unpaired) electrons. The van der Waals surface area contributed by atoms with Crippen molar-refractivity contribution < 1.29 is 23.9 Å². The van der Waals surface area contributed by atoms with Gasteiger partial charge in [0.15, 0.2) is 0 Å². The fourth-order valence-corrected chi connectivity index (χ4v) is 3.16. The van der Waals surface area contributed by atoms with Crippen LogP contribution in [0, 0.1) is 11.8 Å². The zero-order valence-corrected chi connectivity index (χ0v) is 13.2. The van der Waals surface area contributed by atoms with E-state index in [2.05, 4.69) is 0 Å². The molecule has 0 bridgehead atoms. The molecule has 0 unspecified atom stereocenters. The van der Waals surface area contributed by atoms with Crippen LogP contribution < -0.4 is 0 Å². The van der Waals surface area contributed by atoms with Gasteiger partial charge in [0.05, 0.1) is 11.8 Å². The standard InChI is InChI=1S/C17H22O5/c1-10-5-4-6-13(9-18)8-15-16(11(2)17(20)22-15)14(7-10)21-12(3)19/h6-7,9,11,14-16H,4-5,8H2,1-3H3/b10-7+,13-6+/t11-,14+,15+,16-/m0/s1. The van der Waals surface area contributed by atoms with E-state index in [1.54, 1.807) is 6.92 Å². The first kappa shape index (κ1) is 16.5. The summed E-state index contributed by atoms with van der Waals surface area (Å²) in [6, 6.07) is 0. The molecule has 1 heterocycles. The van der Waals surface area contributed by atoms with E-state index in [4.69, 9.17) is 9.47 Å². The fourth-order valence-electron chi connectivity index (χ4n) is 3.16. The molecule has 120 valence electrons. The van der Waals surface area contributed by atoms with Gasteiger partial charge in [0.25, 0.3) is 0 Å². The van der Waals surface area contributed by atoms with Crippen molar-refractivity contribution in [1.82, 2.24) is 0 Å². The zero-order valence-electron chi connectivity index (χ0n) is 13.2. The van der Waals surface area contributed by atoms with Gasteiger partial charge in [-0.25, -0.2) is 0 Å². The van der Waals surface area contributed by atoms with Gasteiger partial charge in [0.2, 0.25) is 0 Å². The van der Waals surface area contributed by atoms with Crippen LogP contribution in [0.4, 0.5) is 0 Å². The molecule has 22 heavy (non-hydrogen) atoms. The van der Waals surface area contributed by atoms with Gasteiger partial charge in [0, 0.05) is 13.3 Å². The molecule has 1 fully saturated rings. The van der Waals surface area contributed by atoms with E-state index in [1.165, 1.54) is 6.92 Å². The molecule has 5 nitrogen and oxygen atoms in total. The number of esters is 2. The number of carbonyl (C=O) groups excluding carboxylic acids is 3. The molecule has 0 spiro atoms. The highest BCUT2D eigenvalue weighted by Gasteiger charge is 2.47. The molecule has 4 atom stereocenters. The molecule has 0 saturated carbocycles. The quantitative estimate of drug-likeness (QED) is 0.445. The number of rotatable bonds is 2. The number of allylic oxidation sites excluding steroid dienone is 2. The van der Waals surface area contributed by atoms with E-state index in [1.807, 2.05) is 19.1 Å². The van der Waals surface area contributed by atoms with Gasteiger partial charge in [-0.3, -0.25) is 14.4 Å². The van der Waals surface area contributed by atoms with Gasteiger partial charge in [-0.2, -0.15) is 0 Å². The van der Waals surface area contributed by atoms with E-state index in [0.29, 0.717) is 12.0 Å². The SMILES string of the molecule is CC(=O)O[C@@H]1/C=C(\C)CC/C=C(/C=O)C[C@H]2OC(=O)[C@@H](C)[C@@H]12. The third-order valence-corrected chi connectivity index (χ3v) is 4.31. The number of fused-ring (bicyclic) bond motifs is 1. The summed E-state index contributed by atoms with van der Waals surface area (Å²) in [7, 11) is 0. The Bertz CT molecular complexity index is 531. The summed E-state index contributed by atoms with van der Waals surface area (Å²) in [6.07, 6.45) is 5.58. The minimum Gasteiger partial charge on any atom is -0.461 e. The lowest BCUT2D eigenvalue weighted by molar-refractivity contribution is -0.147. The van der Waals surface area contributed by atoms with Crippen LogP contribution in [-0.2, 0) is 23.9 Å². The summed E-state index contributed by atoms with van der Waals surface area (Å²) in [5.74, 6) is -1.33. The molecule has 2 rings (SSSR count). The molecule has 0 aromatic carbocycles. The zero-order chi connectivity index (χ0) is 16.3. The van der Waals surface area contributed by atoms with E-state index in [-0.39, 0.29) is 23.8 Å². The second kappa shape index (κ2) is 6.90. The lowest BCUT2D eigenvalue weighted by Crippen LogP contribution is -2.35. The van der Waals surface area contributed by atoms with Crippen molar-refractivity contribution in [3.05, 3.63) is 23.3 Å². The summed E-state index contributed by atoms with van der Waals surface area (Å²) in [5.41, 5.74) is 1.70. The van der Waals surface area contributed by atoms with Crippen LogP contribution >= 0.6 is 0 Å². The van der Waals surface area contributed by atoms with Crippen molar-refractivity contribution >= 4 is 18.2 Å². The second-order valence-corrected chi connectivity index (χ2v) is 6.07. The van der Waals surface area contributed by atoms with E-state index < -0.39 is 12.2 Å². The molecular weight excluding hydrogens is 284 g/mol. The van der Waals surface area contributed by atoms with E-state index in [0.717, 1.165) is 24.7 Å². The summed E-state index contributed by atoms with van der Waals surface area (Å²) in [6.45, 7) is 5.10. The molecule has 0 aromatic rings. The maximum absolute atomic E-state index is 12.0. The maximum atomic E-state index is 12.0. The van der Waals surface area contributed by atoms with Crippen molar-refractivity contribution in [3.8, 4) is 0 Å². The van der Waals surface area contributed by atoms with Crippen LogP contribution in [-0.4, -0.2) is 30.4 Å². The van der Waals surface area contributed by atoms with Gasteiger partial charge in [-0.05, 0) is 31.4 Å². The lowest BCUT2D eigenvalue weighted by atomic mass is 9.82. The molecule has 1 saturated heterocycles. The summed E-state index contributed by atoms with van der Waals surface area (Å²) >= 11 is 0.